The standard InChI is InChI=1S/C19H14O4/c1-11(20)19-15(13-9-5-6-10-14(13)23-18(19)22)16(19)17(21)12-7-3-2-4-8-12/h2-10,15-16H,1H3/t15-,16+,19-/m1/s1. The van der Waals surface area contributed by atoms with E-state index in [1.807, 2.05) is 18.2 Å². The summed E-state index contributed by atoms with van der Waals surface area (Å²) in [5.41, 5.74) is -0.0873. The molecular weight excluding hydrogens is 292 g/mol. The van der Waals surface area contributed by atoms with E-state index < -0.39 is 23.2 Å². The van der Waals surface area contributed by atoms with E-state index in [0.717, 1.165) is 5.56 Å². The van der Waals surface area contributed by atoms with E-state index in [1.54, 1.807) is 36.4 Å². The van der Waals surface area contributed by atoms with Crippen molar-refractivity contribution in [2.75, 3.05) is 0 Å². The number of para-hydroxylation sites is 1. The van der Waals surface area contributed by atoms with Gasteiger partial charge in [0.2, 0.25) is 0 Å². The van der Waals surface area contributed by atoms with Crippen LogP contribution in [0.1, 0.15) is 28.8 Å². The van der Waals surface area contributed by atoms with E-state index >= 15 is 0 Å². The highest BCUT2D eigenvalue weighted by atomic mass is 16.5. The molecule has 0 N–H and O–H groups in total. The number of fused-ring (bicyclic) bond motifs is 3. The Bertz CT molecular complexity index is 839. The maximum atomic E-state index is 12.9. The predicted octanol–water partition coefficient (Wildman–Crippen LogP) is 2.78. The van der Waals surface area contributed by atoms with Crippen molar-refractivity contribution in [2.45, 2.75) is 12.8 Å². The average molecular weight is 306 g/mol. The van der Waals surface area contributed by atoms with Crippen LogP contribution in [0.2, 0.25) is 0 Å². The molecule has 3 atom stereocenters. The minimum atomic E-state index is -1.36. The number of carbonyl (C=O) groups is 3. The Morgan fingerprint density at radius 2 is 1.65 bits per heavy atom. The molecule has 1 saturated carbocycles. The third-order valence-electron chi connectivity index (χ3n) is 4.92. The predicted molar refractivity (Wildman–Crippen MR) is 82.2 cm³/mol. The SMILES string of the molecule is CC(=O)[C@@]12C(=O)Oc3ccccc3[C@@H]1[C@H]2C(=O)c1ccccc1. The number of ketones is 2. The molecule has 1 aliphatic heterocycles. The van der Waals surface area contributed by atoms with E-state index in [9.17, 15) is 14.4 Å². The van der Waals surface area contributed by atoms with Crippen LogP contribution >= 0.6 is 0 Å². The molecule has 2 aromatic carbocycles. The van der Waals surface area contributed by atoms with Crippen molar-refractivity contribution in [3.8, 4) is 5.75 Å². The summed E-state index contributed by atoms with van der Waals surface area (Å²) in [5, 5.41) is 0. The van der Waals surface area contributed by atoms with Crippen LogP contribution in [0.4, 0.5) is 0 Å². The van der Waals surface area contributed by atoms with Gasteiger partial charge in [0.25, 0.3) is 0 Å². The topological polar surface area (TPSA) is 60.4 Å². The number of carbonyl (C=O) groups excluding carboxylic acids is 3. The van der Waals surface area contributed by atoms with Crippen molar-refractivity contribution < 1.29 is 19.1 Å². The monoisotopic (exact) mass is 306 g/mol. The van der Waals surface area contributed by atoms with E-state index in [2.05, 4.69) is 0 Å². The first-order valence-corrected chi connectivity index (χ1v) is 7.50. The first kappa shape index (κ1) is 13.9. The number of rotatable bonds is 3. The minimum Gasteiger partial charge on any atom is -0.425 e. The van der Waals surface area contributed by atoms with Crippen molar-refractivity contribution >= 4 is 17.5 Å². The van der Waals surface area contributed by atoms with Crippen LogP contribution in [0.5, 0.6) is 5.75 Å². The third-order valence-corrected chi connectivity index (χ3v) is 4.92. The maximum Gasteiger partial charge on any atom is 0.326 e. The smallest absolute Gasteiger partial charge is 0.326 e. The lowest BCUT2D eigenvalue weighted by Crippen LogP contribution is -2.35. The lowest BCUT2D eigenvalue weighted by atomic mass is 9.91. The van der Waals surface area contributed by atoms with E-state index in [1.165, 1.54) is 6.92 Å². The zero-order chi connectivity index (χ0) is 16.2. The summed E-state index contributed by atoms with van der Waals surface area (Å²) in [6.07, 6.45) is 0. The molecule has 1 aliphatic carbocycles. The summed E-state index contributed by atoms with van der Waals surface area (Å²) in [5.74, 6) is -1.76. The molecular formula is C19H14O4. The van der Waals surface area contributed by atoms with Crippen LogP contribution in [0.25, 0.3) is 0 Å². The lowest BCUT2D eigenvalue weighted by molar-refractivity contribution is -0.147. The van der Waals surface area contributed by atoms with Gasteiger partial charge in [0.15, 0.2) is 5.78 Å². The Morgan fingerprint density at radius 1 is 1.00 bits per heavy atom. The highest BCUT2D eigenvalue weighted by Crippen LogP contribution is 2.70. The Kier molecular flexibility index (Phi) is 2.79. The summed E-state index contributed by atoms with van der Waals surface area (Å²) >= 11 is 0. The average Bonchev–Trinajstić information content (AvgIpc) is 3.28. The van der Waals surface area contributed by atoms with Gasteiger partial charge in [-0.3, -0.25) is 14.4 Å². The van der Waals surface area contributed by atoms with E-state index in [-0.39, 0.29) is 11.6 Å². The first-order chi connectivity index (χ1) is 11.1. The quantitative estimate of drug-likeness (QED) is 0.379. The summed E-state index contributed by atoms with van der Waals surface area (Å²) < 4.78 is 5.35. The van der Waals surface area contributed by atoms with Crippen LogP contribution in [0.15, 0.2) is 54.6 Å². The van der Waals surface area contributed by atoms with Crippen LogP contribution in [-0.2, 0) is 9.59 Å². The van der Waals surface area contributed by atoms with Crippen molar-refractivity contribution in [2.24, 2.45) is 11.3 Å². The molecule has 2 aromatic rings. The fourth-order valence-corrected chi connectivity index (χ4v) is 3.80. The molecule has 0 saturated heterocycles. The number of hydrogen-bond acceptors (Lipinski definition) is 4. The van der Waals surface area contributed by atoms with Crippen LogP contribution < -0.4 is 4.74 Å². The molecule has 0 radical (unpaired) electrons. The molecule has 0 spiro atoms. The Labute approximate surface area is 133 Å². The lowest BCUT2D eigenvalue weighted by Gasteiger charge is -2.20. The van der Waals surface area contributed by atoms with Gasteiger partial charge in [0.05, 0.1) is 5.92 Å². The van der Waals surface area contributed by atoms with Crippen molar-refractivity contribution in [1.29, 1.82) is 0 Å². The summed E-state index contributed by atoms with van der Waals surface area (Å²) in [7, 11) is 0. The largest absolute Gasteiger partial charge is 0.425 e. The zero-order valence-electron chi connectivity index (χ0n) is 12.5. The van der Waals surface area contributed by atoms with Gasteiger partial charge < -0.3 is 4.74 Å². The number of Topliss-reactive ketones (excluding diaryl/α,β-unsaturated/α-hetero) is 2. The van der Waals surface area contributed by atoms with Crippen LogP contribution in [0, 0.1) is 11.3 Å². The Balaban J connectivity index is 1.84. The van der Waals surface area contributed by atoms with Gasteiger partial charge in [0.1, 0.15) is 16.9 Å². The molecule has 1 heterocycles. The number of esters is 1. The normalized spacial score (nSPS) is 27.4. The number of ether oxygens (including phenoxy) is 1. The second-order valence-electron chi connectivity index (χ2n) is 6.04. The molecule has 1 fully saturated rings. The van der Waals surface area contributed by atoms with E-state index in [4.69, 9.17) is 4.74 Å². The molecule has 4 rings (SSSR count). The van der Waals surface area contributed by atoms with Gasteiger partial charge >= 0.3 is 5.97 Å². The van der Waals surface area contributed by atoms with Gasteiger partial charge in [-0.1, -0.05) is 48.5 Å². The van der Waals surface area contributed by atoms with E-state index in [0.29, 0.717) is 11.3 Å². The highest BCUT2D eigenvalue weighted by molar-refractivity contribution is 6.18. The third kappa shape index (κ3) is 1.69. The Hall–Kier alpha value is -2.75. The Morgan fingerprint density at radius 3 is 2.35 bits per heavy atom. The van der Waals surface area contributed by atoms with Gasteiger partial charge in [0, 0.05) is 17.0 Å². The first-order valence-electron chi connectivity index (χ1n) is 7.50. The van der Waals surface area contributed by atoms with Crippen molar-refractivity contribution in [1.82, 2.24) is 0 Å². The molecule has 0 bridgehead atoms. The van der Waals surface area contributed by atoms with Gasteiger partial charge in [-0.25, -0.2) is 0 Å². The molecule has 114 valence electrons. The zero-order valence-corrected chi connectivity index (χ0v) is 12.5. The van der Waals surface area contributed by atoms with Gasteiger partial charge in [-0.05, 0) is 13.0 Å². The maximum absolute atomic E-state index is 12.9. The minimum absolute atomic E-state index is 0.181. The summed E-state index contributed by atoms with van der Waals surface area (Å²) in [4.78, 5) is 37.7. The molecule has 2 aliphatic rings. The second kappa shape index (κ2) is 4.62. The number of hydrogen-bond donors (Lipinski definition) is 0. The molecule has 4 nitrogen and oxygen atoms in total. The fourth-order valence-electron chi connectivity index (χ4n) is 3.80. The van der Waals surface area contributed by atoms with Crippen LogP contribution in [-0.4, -0.2) is 17.5 Å². The summed E-state index contributed by atoms with van der Waals surface area (Å²) in [6, 6.07) is 15.9. The number of benzene rings is 2. The van der Waals surface area contributed by atoms with Gasteiger partial charge in [-0.15, -0.1) is 0 Å². The molecule has 23 heavy (non-hydrogen) atoms. The van der Waals surface area contributed by atoms with Gasteiger partial charge in [-0.2, -0.15) is 0 Å². The second-order valence-corrected chi connectivity index (χ2v) is 6.04. The molecule has 0 unspecified atom stereocenters. The molecule has 0 amide bonds. The summed E-state index contributed by atoms with van der Waals surface area (Å²) in [6.45, 7) is 1.36. The molecule has 0 aromatic heterocycles. The van der Waals surface area contributed by atoms with Crippen molar-refractivity contribution in [3.63, 3.8) is 0 Å². The van der Waals surface area contributed by atoms with Crippen molar-refractivity contribution in [3.05, 3.63) is 65.7 Å². The highest BCUT2D eigenvalue weighted by Gasteiger charge is 2.78. The van der Waals surface area contributed by atoms with Crippen LogP contribution in [0.3, 0.4) is 0 Å². The molecule has 4 heteroatoms. The fraction of sp³-hybridized carbons (Fsp3) is 0.211.